The van der Waals surface area contributed by atoms with Crippen LogP contribution in [-0.2, 0) is 6.42 Å². The zero-order valence-electron chi connectivity index (χ0n) is 18.0. The molecular weight excluding hydrogens is 440 g/mol. The third-order valence-electron chi connectivity index (χ3n) is 5.73. The van der Waals surface area contributed by atoms with Gasteiger partial charge in [0, 0.05) is 34.6 Å². The van der Waals surface area contributed by atoms with Crippen LogP contribution in [0.5, 0.6) is 0 Å². The highest BCUT2D eigenvalue weighted by molar-refractivity contribution is 7.17. The van der Waals surface area contributed by atoms with Crippen LogP contribution in [0.4, 0.5) is 5.82 Å². The van der Waals surface area contributed by atoms with E-state index in [1.807, 2.05) is 17.0 Å². The number of pyridine rings is 2. The molecule has 1 atom stereocenters. The Morgan fingerprint density at radius 2 is 2.16 bits per heavy atom. The fourth-order valence-corrected chi connectivity index (χ4v) is 5.77. The smallest absolute Gasteiger partial charge is 0.278 e. The molecule has 9 heteroatoms. The number of hydrogen-bond acceptors (Lipinski definition) is 8. The van der Waals surface area contributed by atoms with Gasteiger partial charge in [-0.15, -0.1) is 21.5 Å². The topological polar surface area (TPSA) is 83.9 Å². The maximum Gasteiger partial charge on any atom is 0.278 e. The average Bonchev–Trinajstić information content (AvgIpc) is 3.47. The number of nitrogens with one attached hydrogen (secondary N) is 1. The van der Waals surface area contributed by atoms with Crippen LogP contribution in [-0.4, -0.2) is 45.2 Å². The summed E-state index contributed by atoms with van der Waals surface area (Å²) in [6.07, 6.45) is 6.32. The van der Waals surface area contributed by atoms with Crippen LogP contribution >= 0.6 is 22.7 Å². The summed E-state index contributed by atoms with van der Waals surface area (Å²) < 4.78 is 1.14. The second-order valence-electron chi connectivity index (χ2n) is 7.89. The predicted octanol–water partition coefficient (Wildman–Crippen LogP) is 4.48. The van der Waals surface area contributed by atoms with Gasteiger partial charge in [-0.1, -0.05) is 18.3 Å². The lowest BCUT2D eigenvalue weighted by Gasteiger charge is -2.34. The van der Waals surface area contributed by atoms with Crippen molar-refractivity contribution in [2.45, 2.75) is 39.2 Å². The molecular formula is C23H24N6OS2. The number of amides is 1. The van der Waals surface area contributed by atoms with E-state index in [-0.39, 0.29) is 11.9 Å². The predicted molar refractivity (Wildman–Crippen MR) is 130 cm³/mol. The average molecular weight is 465 g/mol. The first-order valence-electron chi connectivity index (χ1n) is 10.8. The van der Waals surface area contributed by atoms with Gasteiger partial charge in [0.05, 0.1) is 6.04 Å². The highest BCUT2D eigenvalue weighted by Gasteiger charge is 2.31. The van der Waals surface area contributed by atoms with Gasteiger partial charge < -0.3 is 5.32 Å². The van der Waals surface area contributed by atoms with Crippen molar-refractivity contribution in [2.24, 2.45) is 0 Å². The Balaban J connectivity index is 1.52. The van der Waals surface area contributed by atoms with Crippen molar-refractivity contribution in [3.8, 4) is 10.6 Å². The molecule has 164 valence electrons. The maximum atomic E-state index is 13.8. The zero-order chi connectivity index (χ0) is 22.1. The zero-order valence-corrected chi connectivity index (χ0v) is 19.7. The van der Waals surface area contributed by atoms with E-state index in [0.29, 0.717) is 5.69 Å². The lowest BCUT2D eigenvalue weighted by atomic mass is 10.0. The molecule has 0 bridgehead atoms. The Morgan fingerprint density at radius 3 is 2.88 bits per heavy atom. The van der Waals surface area contributed by atoms with Gasteiger partial charge >= 0.3 is 0 Å². The number of carbonyl (C=O) groups excluding carboxylic acids is 1. The molecule has 7 nitrogen and oxygen atoms in total. The number of thiophene rings is 1. The van der Waals surface area contributed by atoms with Crippen molar-refractivity contribution in [1.82, 2.24) is 25.5 Å². The second-order valence-corrected chi connectivity index (χ2v) is 9.86. The van der Waals surface area contributed by atoms with E-state index in [9.17, 15) is 4.79 Å². The fourth-order valence-electron chi connectivity index (χ4n) is 4.07. The molecule has 1 N–H and O–H groups in total. The third kappa shape index (κ3) is 3.92. The Kier molecular flexibility index (Phi) is 5.95. The molecule has 1 aliphatic rings. The molecule has 32 heavy (non-hydrogen) atoms. The van der Waals surface area contributed by atoms with E-state index in [2.05, 4.69) is 44.7 Å². The summed E-state index contributed by atoms with van der Waals surface area (Å²) in [4.78, 5) is 24.9. The van der Waals surface area contributed by atoms with Gasteiger partial charge in [-0.2, -0.15) is 0 Å². The number of aryl methyl sites for hydroxylation is 2. The highest BCUT2D eigenvalue weighted by Crippen LogP contribution is 2.34. The molecule has 0 aliphatic carbocycles. The molecule has 1 saturated heterocycles. The molecule has 0 spiro atoms. The van der Waals surface area contributed by atoms with Crippen molar-refractivity contribution >= 4 is 44.5 Å². The Labute approximate surface area is 194 Å². The molecule has 4 aromatic heterocycles. The Morgan fingerprint density at radius 1 is 1.25 bits per heavy atom. The summed E-state index contributed by atoms with van der Waals surface area (Å²) in [5.74, 6) is 0.602. The normalized spacial score (nSPS) is 16.4. The number of aromatic nitrogens is 4. The summed E-state index contributed by atoms with van der Waals surface area (Å²) >= 11 is 3.24. The monoisotopic (exact) mass is 464 g/mol. The van der Waals surface area contributed by atoms with Crippen molar-refractivity contribution in [3.63, 3.8) is 0 Å². The maximum absolute atomic E-state index is 13.8. The number of piperidine rings is 1. The van der Waals surface area contributed by atoms with Gasteiger partial charge in [-0.3, -0.25) is 14.7 Å². The van der Waals surface area contributed by atoms with Gasteiger partial charge in [-0.05, 0) is 61.9 Å². The van der Waals surface area contributed by atoms with Crippen LogP contribution in [0.15, 0.2) is 36.0 Å². The van der Waals surface area contributed by atoms with E-state index in [1.54, 1.807) is 41.1 Å². The molecule has 5 heterocycles. The van der Waals surface area contributed by atoms with E-state index in [4.69, 9.17) is 0 Å². The molecule has 1 aliphatic heterocycles. The first-order chi connectivity index (χ1) is 15.7. The summed E-state index contributed by atoms with van der Waals surface area (Å²) in [5.41, 5.74) is 2.42. The molecule has 1 fully saturated rings. The fraction of sp³-hybridized carbons (Fsp3) is 0.348. The number of rotatable bonds is 5. The number of hydrogen-bond donors (Lipinski definition) is 1. The molecule has 4 aromatic rings. The first-order valence-corrected chi connectivity index (χ1v) is 12.5. The molecule has 5 rings (SSSR count). The summed E-state index contributed by atoms with van der Waals surface area (Å²) in [6.45, 7) is 5.85. The quantitative estimate of drug-likeness (QED) is 0.469. The first kappa shape index (κ1) is 21.1. The van der Waals surface area contributed by atoms with Crippen LogP contribution in [0.1, 0.15) is 40.8 Å². The number of fused-ring (bicyclic) bond motifs is 1. The summed E-state index contributed by atoms with van der Waals surface area (Å²) in [6, 6.07) is 5.73. The molecule has 0 saturated carbocycles. The standard InChI is InChI=1S/C23H24N6OS2/c1-3-19-27-28-22(32-19)15-6-7-17(26-11-15)23(30)29(16-5-4-9-24-12-16)21-20-14(2)13-31-18(20)8-10-25-21/h6-8,10-11,13,16,24H,3-5,9,12H2,1-2H3/t16-/m1/s1. The van der Waals surface area contributed by atoms with Crippen LogP contribution < -0.4 is 10.2 Å². The number of nitrogens with zero attached hydrogens (tertiary/aromatic N) is 5. The van der Waals surface area contributed by atoms with E-state index in [0.717, 1.165) is 69.4 Å². The molecule has 0 radical (unpaired) electrons. The minimum atomic E-state index is -0.123. The minimum absolute atomic E-state index is 0.0328. The van der Waals surface area contributed by atoms with Crippen molar-refractivity contribution in [3.05, 3.63) is 52.2 Å². The van der Waals surface area contributed by atoms with E-state index < -0.39 is 0 Å². The summed E-state index contributed by atoms with van der Waals surface area (Å²) in [5, 5.41) is 16.8. The molecule has 1 amide bonds. The second kappa shape index (κ2) is 9.01. The van der Waals surface area contributed by atoms with Crippen molar-refractivity contribution in [1.29, 1.82) is 0 Å². The largest absolute Gasteiger partial charge is 0.315 e. The Hall–Kier alpha value is -2.75. The highest BCUT2D eigenvalue weighted by atomic mass is 32.1. The molecule has 0 unspecified atom stereocenters. The lowest BCUT2D eigenvalue weighted by molar-refractivity contribution is 0.0967. The lowest BCUT2D eigenvalue weighted by Crippen LogP contribution is -2.49. The van der Waals surface area contributed by atoms with E-state index in [1.165, 1.54) is 0 Å². The summed E-state index contributed by atoms with van der Waals surface area (Å²) in [7, 11) is 0. The van der Waals surface area contributed by atoms with Crippen molar-refractivity contribution in [2.75, 3.05) is 18.0 Å². The van der Waals surface area contributed by atoms with Gasteiger partial charge in [0.25, 0.3) is 5.91 Å². The number of anilines is 1. The van der Waals surface area contributed by atoms with Gasteiger partial charge in [-0.25, -0.2) is 4.98 Å². The van der Waals surface area contributed by atoms with Crippen LogP contribution in [0.2, 0.25) is 0 Å². The number of carbonyl (C=O) groups is 1. The van der Waals surface area contributed by atoms with Crippen LogP contribution in [0.25, 0.3) is 20.7 Å². The van der Waals surface area contributed by atoms with Crippen LogP contribution in [0, 0.1) is 6.92 Å². The van der Waals surface area contributed by atoms with E-state index >= 15 is 0 Å². The van der Waals surface area contributed by atoms with Crippen LogP contribution in [0.3, 0.4) is 0 Å². The molecule has 0 aromatic carbocycles. The van der Waals surface area contributed by atoms with Crippen molar-refractivity contribution < 1.29 is 4.79 Å². The minimum Gasteiger partial charge on any atom is -0.315 e. The van der Waals surface area contributed by atoms with Gasteiger partial charge in [0.1, 0.15) is 21.5 Å². The van der Waals surface area contributed by atoms with Gasteiger partial charge in [0.2, 0.25) is 0 Å². The van der Waals surface area contributed by atoms with Gasteiger partial charge in [0.15, 0.2) is 0 Å². The third-order valence-corrected chi connectivity index (χ3v) is 7.91. The SMILES string of the molecule is CCc1nnc(-c2ccc(C(=O)N(c3nccc4scc(C)c34)[C@@H]3CCCNC3)nc2)s1. The Bertz CT molecular complexity index is 1240.